The maximum atomic E-state index is 12.2. The first-order valence-electron chi connectivity index (χ1n) is 7.40. The van der Waals surface area contributed by atoms with E-state index >= 15 is 0 Å². The summed E-state index contributed by atoms with van der Waals surface area (Å²) in [7, 11) is 0. The lowest BCUT2D eigenvalue weighted by Gasteiger charge is -2.13. The van der Waals surface area contributed by atoms with Crippen molar-refractivity contribution < 1.29 is 14.7 Å². The predicted octanol–water partition coefficient (Wildman–Crippen LogP) is 2.36. The van der Waals surface area contributed by atoms with Crippen LogP contribution in [-0.2, 0) is 6.54 Å². The maximum absolute atomic E-state index is 12.2. The highest BCUT2D eigenvalue weighted by Crippen LogP contribution is 2.20. The number of hydrogen-bond acceptors (Lipinski definition) is 6. The molecule has 24 heavy (non-hydrogen) atoms. The molecule has 1 aromatic carbocycles. The second kappa shape index (κ2) is 6.79. The number of anilines is 1. The van der Waals surface area contributed by atoms with Crippen LogP contribution in [0.1, 0.15) is 39.2 Å². The minimum absolute atomic E-state index is 0.00457. The zero-order valence-electron chi connectivity index (χ0n) is 13.0. The number of amides is 1. The third-order valence-corrected chi connectivity index (χ3v) is 4.42. The molecule has 2 aromatic rings. The summed E-state index contributed by atoms with van der Waals surface area (Å²) in [6.45, 7) is 3.05. The first-order valence-corrected chi connectivity index (χ1v) is 8.28. The minimum Gasteiger partial charge on any atom is -0.476 e. The number of carboxylic acid groups (broad SMARTS) is 1. The number of hydrogen-bond donors (Lipinski definition) is 2. The van der Waals surface area contributed by atoms with Crippen LogP contribution >= 0.6 is 11.3 Å². The number of hydrazone groups is 1. The van der Waals surface area contributed by atoms with Gasteiger partial charge in [-0.25, -0.2) is 9.78 Å². The second-order valence-electron chi connectivity index (χ2n) is 5.37. The number of carbonyl (C=O) groups is 2. The van der Waals surface area contributed by atoms with Crippen molar-refractivity contribution in [3.63, 3.8) is 0 Å². The Morgan fingerprint density at radius 2 is 2.08 bits per heavy atom. The van der Waals surface area contributed by atoms with Crippen molar-refractivity contribution in [2.45, 2.75) is 19.9 Å². The molecule has 3 rings (SSSR count). The van der Waals surface area contributed by atoms with Gasteiger partial charge in [0.15, 0.2) is 5.69 Å². The van der Waals surface area contributed by atoms with E-state index in [4.69, 9.17) is 5.11 Å². The number of aromatic nitrogens is 1. The Hall–Kier alpha value is -2.74. The molecule has 1 aliphatic rings. The lowest BCUT2D eigenvalue weighted by Crippen LogP contribution is -2.23. The molecule has 8 heteroatoms. The topological polar surface area (TPSA) is 94.9 Å². The van der Waals surface area contributed by atoms with Gasteiger partial charge in [-0.2, -0.15) is 5.10 Å². The van der Waals surface area contributed by atoms with Crippen LogP contribution < -0.4 is 10.3 Å². The van der Waals surface area contributed by atoms with Crippen molar-refractivity contribution in [2.75, 3.05) is 11.6 Å². The van der Waals surface area contributed by atoms with E-state index in [1.807, 2.05) is 24.1 Å². The Bertz CT molecular complexity index is 798. The Balaban J connectivity index is 1.59. The molecule has 7 nitrogen and oxygen atoms in total. The highest BCUT2D eigenvalue weighted by Gasteiger charge is 2.14. The largest absolute Gasteiger partial charge is 0.476 e. The summed E-state index contributed by atoms with van der Waals surface area (Å²) in [6.07, 6.45) is 0.953. The third kappa shape index (κ3) is 3.60. The van der Waals surface area contributed by atoms with E-state index < -0.39 is 5.97 Å². The first kappa shape index (κ1) is 16.1. The molecular formula is C16H16N4O3S. The van der Waals surface area contributed by atoms with Gasteiger partial charge in [0.2, 0.25) is 0 Å². The van der Waals surface area contributed by atoms with E-state index in [1.54, 1.807) is 12.1 Å². The molecule has 1 aromatic heterocycles. The van der Waals surface area contributed by atoms with E-state index in [0.29, 0.717) is 10.6 Å². The molecule has 0 radical (unpaired) electrons. The molecule has 0 bridgehead atoms. The minimum atomic E-state index is -1.07. The quantitative estimate of drug-likeness (QED) is 0.868. The molecule has 124 valence electrons. The molecule has 0 fully saturated rings. The molecule has 0 saturated carbocycles. The number of carbonyl (C=O) groups excluding carboxylic acids is 1. The summed E-state index contributed by atoms with van der Waals surface area (Å²) >= 11 is 1.21. The fourth-order valence-electron chi connectivity index (χ4n) is 2.29. The van der Waals surface area contributed by atoms with Crippen LogP contribution in [0.4, 0.5) is 5.69 Å². The van der Waals surface area contributed by atoms with Gasteiger partial charge in [-0.1, -0.05) is 0 Å². The Morgan fingerprint density at radius 1 is 1.33 bits per heavy atom. The number of aromatic carboxylic acids is 1. The SMILES string of the molecule is CC1=NN(c2ccc(C(=O)NCc3nc(C(=O)O)cs3)cc2)CC1. The van der Waals surface area contributed by atoms with Gasteiger partial charge >= 0.3 is 5.97 Å². The van der Waals surface area contributed by atoms with Crippen molar-refractivity contribution in [1.82, 2.24) is 10.3 Å². The highest BCUT2D eigenvalue weighted by atomic mass is 32.1. The van der Waals surface area contributed by atoms with Gasteiger partial charge in [-0.3, -0.25) is 9.80 Å². The summed E-state index contributed by atoms with van der Waals surface area (Å²) in [4.78, 5) is 26.9. The van der Waals surface area contributed by atoms with Gasteiger partial charge in [0, 0.05) is 29.6 Å². The average molecular weight is 344 g/mol. The normalized spacial score (nSPS) is 13.7. The predicted molar refractivity (Wildman–Crippen MR) is 91.8 cm³/mol. The third-order valence-electron chi connectivity index (χ3n) is 3.58. The van der Waals surface area contributed by atoms with Crippen LogP contribution in [0.15, 0.2) is 34.7 Å². The number of rotatable bonds is 5. The molecule has 1 aliphatic heterocycles. The van der Waals surface area contributed by atoms with Crippen LogP contribution in [0.25, 0.3) is 0 Å². The van der Waals surface area contributed by atoms with Crippen LogP contribution in [0, 0.1) is 0 Å². The summed E-state index contributed by atoms with van der Waals surface area (Å²) in [6, 6.07) is 7.22. The number of nitrogens with zero attached hydrogens (tertiary/aromatic N) is 3. The maximum Gasteiger partial charge on any atom is 0.355 e. The lowest BCUT2D eigenvalue weighted by atomic mass is 10.2. The number of benzene rings is 1. The second-order valence-corrected chi connectivity index (χ2v) is 6.31. The van der Waals surface area contributed by atoms with Crippen LogP contribution in [0.3, 0.4) is 0 Å². The van der Waals surface area contributed by atoms with Gasteiger partial charge in [-0.05, 0) is 31.2 Å². The van der Waals surface area contributed by atoms with Crippen molar-refractivity contribution in [3.05, 3.63) is 45.9 Å². The summed E-state index contributed by atoms with van der Waals surface area (Å²) in [5.41, 5.74) is 2.58. The van der Waals surface area contributed by atoms with Gasteiger partial charge in [0.1, 0.15) is 5.01 Å². The summed E-state index contributed by atoms with van der Waals surface area (Å²) in [5.74, 6) is -1.30. The van der Waals surface area contributed by atoms with Gasteiger partial charge in [0.25, 0.3) is 5.91 Å². The Kier molecular flexibility index (Phi) is 4.57. The van der Waals surface area contributed by atoms with E-state index in [1.165, 1.54) is 16.7 Å². The van der Waals surface area contributed by atoms with Crippen molar-refractivity contribution in [1.29, 1.82) is 0 Å². The molecule has 2 heterocycles. The van der Waals surface area contributed by atoms with Gasteiger partial charge in [0.05, 0.1) is 12.2 Å². The van der Waals surface area contributed by atoms with Crippen LogP contribution in [-0.4, -0.2) is 34.2 Å². The van der Waals surface area contributed by atoms with Gasteiger partial charge in [-0.15, -0.1) is 11.3 Å². The number of nitrogens with one attached hydrogen (secondary N) is 1. The van der Waals surface area contributed by atoms with E-state index in [-0.39, 0.29) is 18.1 Å². The van der Waals surface area contributed by atoms with Crippen molar-refractivity contribution in [2.24, 2.45) is 5.10 Å². The molecule has 1 amide bonds. The fraction of sp³-hybridized carbons (Fsp3) is 0.250. The molecule has 0 aliphatic carbocycles. The number of carboxylic acids is 1. The summed E-state index contributed by atoms with van der Waals surface area (Å²) < 4.78 is 0. The smallest absolute Gasteiger partial charge is 0.355 e. The van der Waals surface area contributed by atoms with E-state index in [0.717, 1.165) is 24.4 Å². The monoisotopic (exact) mass is 344 g/mol. The van der Waals surface area contributed by atoms with E-state index in [9.17, 15) is 9.59 Å². The van der Waals surface area contributed by atoms with Gasteiger partial charge < -0.3 is 10.4 Å². The van der Waals surface area contributed by atoms with Crippen LogP contribution in [0.5, 0.6) is 0 Å². The molecular weight excluding hydrogens is 328 g/mol. The standard InChI is InChI=1S/C16H16N4O3S/c1-10-6-7-20(19-10)12-4-2-11(3-5-12)15(21)17-8-14-18-13(9-24-14)16(22)23/h2-5,9H,6-8H2,1H3,(H,17,21)(H,22,23). The zero-order valence-corrected chi connectivity index (χ0v) is 13.8. The molecule has 0 saturated heterocycles. The average Bonchev–Trinajstić information content (AvgIpc) is 3.22. The molecule has 0 unspecified atom stereocenters. The molecule has 2 N–H and O–H groups in total. The highest BCUT2D eigenvalue weighted by molar-refractivity contribution is 7.09. The Labute approximate surface area is 142 Å². The van der Waals surface area contributed by atoms with Crippen LogP contribution in [0.2, 0.25) is 0 Å². The number of thiazole rings is 1. The fourth-order valence-corrected chi connectivity index (χ4v) is 3.00. The lowest BCUT2D eigenvalue weighted by molar-refractivity contribution is 0.0691. The molecule has 0 atom stereocenters. The Morgan fingerprint density at radius 3 is 2.67 bits per heavy atom. The van der Waals surface area contributed by atoms with Crippen molar-refractivity contribution >= 4 is 34.6 Å². The molecule has 0 spiro atoms. The summed E-state index contributed by atoms with van der Waals surface area (Å²) in [5, 5.41) is 19.9. The zero-order chi connectivity index (χ0) is 17.1. The van der Waals surface area contributed by atoms with E-state index in [2.05, 4.69) is 15.4 Å². The first-order chi connectivity index (χ1) is 11.5. The van der Waals surface area contributed by atoms with Crippen molar-refractivity contribution in [3.8, 4) is 0 Å².